The second-order valence-electron chi connectivity index (χ2n) is 8.37. The van der Waals surface area contributed by atoms with Crippen LogP contribution < -0.4 is 19.5 Å². The largest absolute Gasteiger partial charge is 0.484 e. The van der Waals surface area contributed by atoms with Crippen molar-refractivity contribution in [3.05, 3.63) is 88.3 Å². The van der Waals surface area contributed by atoms with Gasteiger partial charge in [-0.3, -0.25) is 14.5 Å². The van der Waals surface area contributed by atoms with Crippen LogP contribution >= 0.6 is 24.0 Å². The number of rotatable bonds is 8. The quantitative estimate of drug-likeness (QED) is 0.308. The molecule has 5 rings (SSSR count). The lowest BCUT2D eigenvalue weighted by molar-refractivity contribution is -0.122. The summed E-state index contributed by atoms with van der Waals surface area (Å²) in [7, 11) is 0. The average molecular weight is 533 g/mol. The third kappa shape index (κ3) is 5.79. The van der Waals surface area contributed by atoms with Crippen LogP contribution in [0.25, 0.3) is 6.08 Å². The highest BCUT2D eigenvalue weighted by atomic mass is 32.2. The van der Waals surface area contributed by atoms with Crippen molar-refractivity contribution in [3.8, 4) is 17.2 Å². The molecule has 0 spiro atoms. The van der Waals surface area contributed by atoms with Gasteiger partial charge in [-0.25, -0.2) is 0 Å². The summed E-state index contributed by atoms with van der Waals surface area (Å²) >= 11 is 6.74. The second-order valence-corrected chi connectivity index (χ2v) is 10.0. The van der Waals surface area contributed by atoms with E-state index in [-0.39, 0.29) is 25.2 Å². The number of carbonyl (C=O) groups excluding carboxylic acids is 2. The molecule has 1 saturated heterocycles. The van der Waals surface area contributed by atoms with Gasteiger partial charge in [0.15, 0.2) is 18.1 Å². The monoisotopic (exact) mass is 532 g/mol. The number of fused-ring (bicyclic) bond motifs is 1. The topological polar surface area (TPSA) is 77.1 Å². The van der Waals surface area contributed by atoms with Gasteiger partial charge in [-0.15, -0.1) is 0 Å². The molecule has 2 aliphatic rings. The van der Waals surface area contributed by atoms with Gasteiger partial charge in [-0.1, -0.05) is 67.3 Å². The summed E-state index contributed by atoms with van der Waals surface area (Å²) in [5.74, 6) is 1.56. The summed E-state index contributed by atoms with van der Waals surface area (Å²) in [5, 5.41) is 2.89. The molecule has 188 valence electrons. The molecule has 1 fully saturated rings. The fraction of sp³-hybridized carbons (Fsp3) is 0.179. The van der Waals surface area contributed by atoms with Gasteiger partial charge in [-0.2, -0.15) is 0 Å². The van der Waals surface area contributed by atoms with E-state index in [9.17, 15) is 9.59 Å². The number of ether oxygens (including phenoxy) is 3. The molecule has 0 aliphatic carbocycles. The van der Waals surface area contributed by atoms with Gasteiger partial charge >= 0.3 is 0 Å². The van der Waals surface area contributed by atoms with Crippen LogP contribution in [0.2, 0.25) is 0 Å². The number of benzene rings is 3. The molecule has 3 aromatic rings. The van der Waals surface area contributed by atoms with Crippen molar-refractivity contribution >= 4 is 51.9 Å². The number of amides is 2. The number of carbonyl (C=O) groups is 2. The smallest absolute Gasteiger partial charge is 0.266 e. The maximum atomic E-state index is 13.0. The van der Waals surface area contributed by atoms with Crippen molar-refractivity contribution < 1.29 is 23.8 Å². The zero-order valence-corrected chi connectivity index (χ0v) is 21.7. The van der Waals surface area contributed by atoms with E-state index >= 15 is 0 Å². The molecule has 0 saturated carbocycles. The van der Waals surface area contributed by atoms with E-state index in [1.165, 1.54) is 11.8 Å². The maximum absolute atomic E-state index is 13.0. The van der Waals surface area contributed by atoms with Crippen LogP contribution in [0, 0.1) is 0 Å². The highest BCUT2D eigenvalue weighted by molar-refractivity contribution is 8.26. The molecular weight excluding hydrogens is 508 g/mol. The summed E-state index contributed by atoms with van der Waals surface area (Å²) < 4.78 is 16.9. The fourth-order valence-corrected chi connectivity index (χ4v) is 5.21. The van der Waals surface area contributed by atoms with E-state index in [1.807, 2.05) is 61.5 Å². The summed E-state index contributed by atoms with van der Waals surface area (Å²) in [6, 6.07) is 20.5. The van der Waals surface area contributed by atoms with Gasteiger partial charge in [0.2, 0.25) is 6.79 Å². The minimum atomic E-state index is -0.226. The van der Waals surface area contributed by atoms with E-state index in [1.54, 1.807) is 23.1 Å². The Balaban J connectivity index is 1.17. The van der Waals surface area contributed by atoms with Gasteiger partial charge in [0, 0.05) is 5.69 Å². The predicted molar refractivity (Wildman–Crippen MR) is 148 cm³/mol. The average Bonchev–Trinajstić information content (AvgIpc) is 3.48. The molecule has 0 bridgehead atoms. The Morgan fingerprint density at radius 2 is 1.89 bits per heavy atom. The fourth-order valence-electron chi connectivity index (χ4n) is 3.96. The van der Waals surface area contributed by atoms with Crippen molar-refractivity contribution in [3.63, 3.8) is 0 Å². The lowest BCUT2D eigenvalue weighted by Gasteiger charge is -2.14. The molecule has 0 unspecified atom stereocenters. The van der Waals surface area contributed by atoms with Crippen LogP contribution in [0.3, 0.4) is 0 Å². The van der Waals surface area contributed by atoms with Gasteiger partial charge in [0.1, 0.15) is 10.1 Å². The summed E-state index contributed by atoms with van der Waals surface area (Å²) in [5.41, 5.74) is 3.61. The highest BCUT2D eigenvalue weighted by Crippen LogP contribution is 2.36. The molecule has 37 heavy (non-hydrogen) atoms. The van der Waals surface area contributed by atoms with E-state index in [0.717, 1.165) is 28.8 Å². The van der Waals surface area contributed by atoms with Crippen molar-refractivity contribution in [2.45, 2.75) is 19.9 Å². The first-order valence-electron chi connectivity index (χ1n) is 11.7. The van der Waals surface area contributed by atoms with Crippen molar-refractivity contribution in [2.75, 3.05) is 18.7 Å². The number of hydrogen-bond donors (Lipinski definition) is 1. The minimum absolute atomic E-state index is 0.101. The van der Waals surface area contributed by atoms with E-state index in [0.29, 0.717) is 33.0 Å². The third-order valence-corrected chi connectivity index (χ3v) is 7.25. The molecule has 3 aromatic carbocycles. The van der Waals surface area contributed by atoms with Crippen molar-refractivity contribution in [2.24, 2.45) is 0 Å². The Morgan fingerprint density at radius 1 is 1.11 bits per heavy atom. The standard InChI is InChI=1S/C28H24N2O5S2/c1-2-20-5-3-4-6-22(20)29-26(31)16-33-21-10-7-18(8-11-21)14-25-27(32)30(28(36)37-25)15-19-9-12-23-24(13-19)35-17-34-23/h3-14H,2,15-17H2,1H3,(H,29,31)/b25-14-. The Bertz CT molecular complexity index is 1390. The Labute approximate surface area is 224 Å². The van der Waals surface area contributed by atoms with Crippen LogP contribution in [-0.4, -0.2) is 34.4 Å². The second kappa shape index (κ2) is 11.1. The van der Waals surface area contributed by atoms with Gasteiger partial charge < -0.3 is 19.5 Å². The lowest BCUT2D eigenvalue weighted by Crippen LogP contribution is -2.27. The number of para-hydroxylation sites is 1. The van der Waals surface area contributed by atoms with Crippen LogP contribution in [0.5, 0.6) is 17.2 Å². The molecule has 7 nitrogen and oxygen atoms in total. The lowest BCUT2D eigenvalue weighted by atomic mass is 10.1. The first-order valence-corrected chi connectivity index (χ1v) is 13.0. The third-order valence-electron chi connectivity index (χ3n) is 5.87. The maximum Gasteiger partial charge on any atom is 0.266 e. The van der Waals surface area contributed by atoms with Crippen molar-refractivity contribution in [1.29, 1.82) is 0 Å². The zero-order chi connectivity index (χ0) is 25.8. The molecule has 2 heterocycles. The summed E-state index contributed by atoms with van der Waals surface area (Å²) in [4.78, 5) is 27.5. The predicted octanol–water partition coefficient (Wildman–Crippen LogP) is 5.40. The Hall–Kier alpha value is -3.82. The molecule has 2 aliphatic heterocycles. The van der Waals surface area contributed by atoms with E-state index in [2.05, 4.69) is 5.32 Å². The van der Waals surface area contributed by atoms with Crippen LogP contribution in [0.4, 0.5) is 5.69 Å². The van der Waals surface area contributed by atoms with Crippen LogP contribution in [0.1, 0.15) is 23.6 Å². The van der Waals surface area contributed by atoms with Crippen LogP contribution in [0.15, 0.2) is 71.6 Å². The molecule has 0 radical (unpaired) electrons. The first-order chi connectivity index (χ1) is 18.0. The first kappa shape index (κ1) is 24.9. The number of thioether (sulfide) groups is 1. The number of nitrogens with zero attached hydrogens (tertiary/aromatic N) is 1. The minimum Gasteiger partial charge on any atom is -0.484 e. The number of anilines is 1. The number of thiocarbonyl (C=S) groups is 1. The molecule has 9 heteroatoms. The zero-order valence-electron chi connectivity index (χ0n) is 20.1. The van der Waals surface area contributed by atoms with Gasteiger partial charge in [0.25, 0.3) is 11.8 Å². The Morgan fingerprint density at radius 3 is 2.70 bits per heavy atom. The molecule has 2 amide bonds. The summed E-state index contributed by atoms with van der Waals surface area (Å²) in [6.45, 7) is 2.50. The highest BCUT2D eigenvalue weighted by Gasteiger charge is 2.32. The number of hydrogen-bond acceptors (Lipinski definition) is 7. The molecule has 0 atom stereocenters. The SMILES string of the molecule is CCc1ccccc1NC(=O)COc1ccc(/C=C2\SC(=S)N(Cc3ccc4c(c3)OCO4)C2=O)cc1. The van der Waals surface area contributed by atoms with Gasteiger partial charge in [-0.05, 0) is 59.5 Å². The normalized spacial score (nSPS) is 15.4. The molecular formula is C28H24N2O5S2. The summed E-state index contributed by atoms with van der Waals surface area (Å²) in [6.07, 6.45) is 2.63. The Kier molecular flexibility index (Phi) is 7.43. The van der Waals surface area contributed by atoms with E-state index in [4.69, 9.17) is 26.4 Å². The molecule has 0 aromatic heterocycles. The number of aryl methyl sites for hydroxylation is 1. The van der Waals surface area contributed by atoms with Crippen LogP contribution in [-0.2, 0) is 22.6 Å². The van der Waals surface area contributed by atoms with Gasteiger partial charge in [0.05, 0.1) is 11.4 Å². The van der Waals surface area contributed by atoms with E-state index < -0.39 is 0 Å². The van der Waals surface area contributed by atoms with Crippen molar-refractivity contribution in [1.82, 2.24) is 4.90 Å². The number of nitrogens with one attached hydrogen (secondary N) is 1. The molecule has 1 N–H and O–H groups in total.